The molecule has 0 bridgehead atoms. The minimum atomic E-state index is 0.319. The standard InChI is InChI=1S/C16H17ClN2O/c1-12-3-5-13(6-4-12)18-16(11-17)19-14-7-9-15(20-2)10-8-14/h3-10H,11H2,1-2H3,(H,18,19). The van der Waals surface area contributed by atoms with Crippen molar-refractivity contribution >= 4 is 28.8 Å². The van der Waals surface area contributed by atoms with E-state index in [9.17, 15) is 0 Å². The SMILES string of the molecule is COc1ccc(NC(CCl)=Nc2ccc(C)cc2)cc1. The first kappa shape index (κ1) is 14.4. The summed E-state index contributed by atoms with van der Waals surface area (Å²) >= 11 is 5.94. The molecule has 2 rings (SSSR count). The number of ether oxygens (including phenoxy) is 1. The van der Waals surface area contributed by atoms with Gasteiger partial charge >= 0.3 is 0 Å². The van der Waals surface area contributed by atoms with Crippen molar-refractivity contribution in [3.8, 4) is 5.75 Å². The Kier molecular flexibility index (Phi) is 5.02. The van der Waals surface area contributed by atoms with Gasteiger partial charge in [0.2, 0.25) is 0 Å². The Bertz CT molecular complexity index is 576. The minimum Gasteiger partial charge on any atom is -0.497 e. The smallest absolute Gasteiger partial charge is 0.122 e. The van der Waals surface area contributed by atoms with Gasteiger partial charge in [0.25, 0.3) is 0 Å². The molecule has 0 aliphatic carbocycles. The molecule has 0 unspecified atom stereocenters. The van der Waals surface area contributed by atoms with Crippen LogP contribution in [0, 0.1) is 6.92 Å². The van der Waals surface area contributed by atoms with Crippen molar-refractivity contribution in [1.82, 2.24) is 0 Å². The number of anilines is 1. The Morgan fingerprint density at radius 3 is 2.30 bits per heavy atom. The molecule has 1 N–H and O–H groups in total. The lowest BCUT2D eigenvalue weighted by Crippen LogP contribution is -2.13. The Morgan fingerprint density at radius 1 is 1.10 bits per heavy atom. The normalized spacial score (nSPS) is 11.2. The van der Waals surface area contributed by atoms with Crippen molar-refractivity contribution in [2.45, 2.75) is 6.92 Å². The van der Waals surface area contributed by atoms with E-state index in [0.717, 1.165) is 17.1 Å². The van der Waals surface area contributed by atoms with Crippen molar-refractivity contribution in [3.63, 3.8) is 0 Å². The van der Waals surface area contributed by atoms with E-state index in [1.807, 2.05) is 55.5 Å². The van der Waals surface area contributed by atoms with Crippen LogP contribution in [0.4, 0.5) is 11.4 Å². The minimum absolute atomic E-state index is 0.319. The molecular weight excluding hydrogens is 272 g/mol. The lowest BCUT2D eigenvalue weighted by atomic mass is 10.2. The number of alkyl halides is 1. The number of rotatable bonds is 4. The highest BCUT2D eigenvalue weighted by Gasteiger charge is 2.00. The Labute approximate surface area is 124 Å². The maximum absolute atomic E-state index is 5.94. The first-order valence-electron chi connectivity index (χ1n) is 6.32. The summed E-state index contributed by atoms with van der Waals surface area (Å²) in [4.78, 5) is 4.50. The lowest BCUT2D eigenvalue weighted by molar-refractivity contribution is 0.415. The summed E-state index contributed by atoms with van der Waals surface area (Å²) in [5.74, 6) is 1.85. The highest BCUT2D eigenvalue weighted by Crippen LogP contribution is 2.17. The van der Waals surface area contributed by atoms with Gasteiger partial charge in [-0.05, 0) is 43.3 Å². The molecule has 4 heteroatoms. The van der Waals surface area contributed by atoms with Crippen LogP contribution in [-0.4, -0.2) is 18.8 Å². The summed E-state index contributed by atoms with van der Waals surface area (Å²) in [6.45, 7) is 2.05. The van der Waals surface area contributed by atoms with Gasteiger partial charge in [-0.1, -0.05) is 17.7 Å². The fourth-order valence-corrected chi connectivity index (χ4v) is 1.83. The highest BCUT2D eigenvalue weighted by atomic mass is 35.5. The summed E-state index contributed by atoms with van der Waals surface area (Å²) in [5, 5.41) is 3.21. The Morgan fingerprint density at radius 2 is 1.75 bits per heavy atom. The molecule has 0 aromatic heterocycles. The van der Waals surface area contributed by atoms with E-state index in [-0.39, 0.29) is 0 Å². The van der Waals surface area contributed by atoms with E-state index < -0.39 is 0 Å². The second-order valence-electron chi connectivity index (χ2n) is 4.38. The van der Waals surface area contributed by atoms with E-state index in [1.165, 1.54) is 5.56 Å². The molecule has 0 fully saturated rings. The van der Waals surface area contributed by atoms with Gasteiger partial charge < -0.3 is 10.1 Å². The highest BCUT2D eigenvalue weighted by molar-refractivity contribution is 6.30. The molecule has 0 aliphatic heterocycles. The summed E-state index contributed by atoms with van der Waals surface area (Å²) in [5.41, 5.74) is 3.02. The molecule has 2 aromatic rings. The monoisotopic (exact) mass is 288 g/mol. The first-order valence-corrected chi connectivity index (χ1v) is 6.86. The maximum atomic E-state index is 5.94. The van der Waals surface area contributed by atoms with Crippen LogP contribution in [-0.2, 0) is 0 Å². The predicted octanol–water partition coefficient (Wildman–Crippen LogP) is 4.38. The van der Waals surface area contributed by atoms with Gasteiger partial charge in [-0.3, -0.25) is 0 Å². The van der Waals surface area contributed by atoms with Gasteiger partial charge in [-0.2, -0.15) is 0 Å². The van der Waals surface area contributed by atoms with Crippen LogP contribution in [0.3, 0.4) is 0 Å². The third kappa shape index (κ3) is 4.00. The van der Waals surface area contributed by atoms with E-state index in [1.54, 1.807) is 7.11 Å². The van der Waals surface area contributed by atoms with Crippen LogP contribution in [0.25, 0.3) is 0 Å². The van der Waals surface area contributed by atoms with Gasteiger partial charge in [0, 0.05) is 5.69 Å². The molecule has 0 amide bonds. The van der Waals surface area contributed by atoms with Crippen LogP contribution in [0.5, 0.6) is 5.75 Å². The number of hydrogen-bond donors (Lipinski definition) is 1. The fraction of sp³-hybridized carbons (Fsp3) is 0.188. The fourth-order valence-electron chi connectivity index (χ4n) is 1.71. The summed E-state index contributed by atoms with van der Waals surface area (Å²) < 4.78 is 5.12. The molecule has 20 heavy (non-hydrogen) atoms. The molecule has 0 heterocycles. The van der Waals surface area contributed by atoms with Gasteiger partial charge in [-0.15, -0.1) is 11.6 Å². The zero-order valence-electron chi connectivity index (χ0n) is 11.6. The number of halogens is 1. The number of methoxy groups -OCH3 is 1. The molecular formula is C16H17ClN2O. The van der Waals surface area contributed by atoms with E-state index in [2.05, 4.69) is 10.3 Å². The molecule has 0 spiro atoms. The van der Waals surface area contributed by atoms with Gasteiger partial charge in [0.05, 0.1) is 18.7 Å². The third-order valence-corrected chi connectivity index (χ3v) is 3.06. The van der Waals surface area contributed by atoms with Crippen LogP contribution in [0.2, 0.25) is 0 Å². The van der Waals surface area contributed by atoms with Crippen molar-refractivity contribution in [2.24, 2.45) is 4.99 Å². The number of nitrogens with one attached hydrogen (secondary N) is 1. The molecule has 0 saturated carbocycles. The zero-order valence-corrected chi connectivity index (χ0v) is 12.3. The molecule has 104 valence electrons. The third-order valence-electron chi connectivity index (χ3n) is 2.80. The molecule has 2 aromatic carbocycles. The quantitative estimate of drug-likeness (QED) is 0.514. The predicted molar refractivity (Wildman–Crippen MR) is 85.6 cm³/mol. The number of hydrogen-bond acceptors (Lipinski definition) is 2. The number of benzene rings is 2. The number of aryl methyl sites for hydroxylation is 1. The molecule has 0 atom stereocenters. The van der Waals surface area contributed by atoms with Crippen molar-refractivity contribution in [3.05, 3.63) is 54.1 Å². The topological polar surface area (TPSA) is 33.6 Å². The summed E-state index contributed by atoms with van der Waals surface area (Å²) in [7, 11) is 1.64. The van der Waals surface area contributed by atoms with Crippen LogP contribution < -0.4 is 10.1 Å². The molecule has 0 radical (unpaired) electrons. The first-order chi connectivity index (χ1) is 9.71. The van der Waals surface area contributed by atoms with Gasteiger partial charge in [0.1, 0.15) is 11.6 Å². The van der Waals surface area contributed by atoms with Crippen molar-refractivity contribution < 1.29 is 4.74 Å². The zero-order chi connectivity index (χ0) is 14.4. The van der Waals surface area contributed by atoms with Gasteiger partial charge in [0.15, 0.2) is 0 Å². The lowest BCUT2D eigenvalue weighted by Gasteiger charge is -2.08. The average molecular weight is 289 g/mol. The maximum Gasteiger partial charge on any atom is 0.122 e. The Hall–Kier alpha value is -2.00. The van der Waals surface area contributed by atoms with E-state index in [0.29, 0.717) is 11.7 Å². The largest absolute Gasteiger partial charge is 0.497 e. The van der Waals surface area contributed by atoms with Crippen molar-refractivity contribution in [2.75, 3.05) is 18.3 Å². The molecule has 0 aliphatic rings. The van der Waals surface area contributed by atoms with Crippen molar-refractivity contribution in [1.29, 1.82) is 0 Å². The summed E-state index contributed by atoms with van der Waals surface area (Å²) in [6.07, 6.45) is 0. The van der Waals surface area contributed by atoms with Crippen LogP contribution >= 0.6 is 11.6 Å². The second kappa shape index (κ2) is 6.96. The molecule has 0 saturated heterocycles. The summed E-state index contributed by atoms with van der Waals surface area (Å²) in [6, 6.07) is 15.6. The van der Waals surface area contributed by atoms with Crippen LogP contribution in [0.1, 0.15) is 5.56 Å². The second-order valence-corrected chi connectivity index (χ2v) is 4.65. The Balaban J connectivity index is 2.13. The number of nitrogens with zero attached hydrogens (tertiary/aromatic N) is 1. The van der Waals surface area contributed by atoms with E-state index in [4.69, 9.17) is 16.3 Å². The van der Waals surface area contributed by atoms with Gasteiger partial charge in [-0.25, -0.2) is 4.99 Å². The van der Waals surface area contributed by atoms with Crippen LogP contribution in [0.15, 0.2) is 53.5 Å². The average Bonchev–Trinajstić information content (AvgIpc) is 2.49. The molecule has 3 nitrogen and oxygen atoms in total. The number of aliphatic imine (C=N–C) groups is 1. The van der Waals surface area contributed by atoms with E-state index >= 15 is 0 Å². The number of amidine groups is 1.